The molecule has 3 aliphatic heterocycles. The first kappa shape index (κ1) is 54.2. The molecule has 14 nitrogen and oxygen atoms in total. The van der Waals surface area contributed by atoms with Gasteiger partial charge in [0.15, 0.2) is 5.78 Å². The van der Waals surface area contributed by atoms with Gasteiger partial charge < -0.3 is 43.9 Å². The third kappa shape index (κ3) is 14.3. The molecule has 0 unspecified atom stereocenters. The predicted molar refractivity (Wildman–Crippen MR) is 245 cm³/mol. The number of cyclic esters (lactones) is 1. The largest absolute Gasteiger partial charge is 0.460 e. The van der Waals surface area contributed by atoms with Crippen molar-refractivity contribution >= 4 is 29.2 Å². The van der Waals surface area contributed by atoms with Gasteiger partial charge in [0.25, 0.3) is 11.7 Å². The molecule has 2 bridgehead atoms. The normalized spacial score (nSPS) is 40.4. The molecule has 65 heavy (non-hydrogen) atoms. The highest BCUT2D eigenvalue weighted by Crippen LogP contribution is 2.38. The Morgan fingerprint density at radius 1 is 0.846 bits per heavy atom. The van der Waals surface area contributed by atoms with Crippen LogP contribution in [0.1, 0.15) is 126 Å². The van der Waals surface area contributed by atoms with Crippen LogP contribution >= 0.6 is 0 Å². The Morgan fingerprint density at radius 2 is 1.57 bits per heavy atom. The third-order valence-corrected chi connectivity index (χ3v) is 14.5. The van der Waals surface area contributed by atoms with Crippen LogP contribution in [0.5, 0.6) is 0 Å². The van der Waals surface area contributed by atoms with Gasteiger partial charge in [-0.1, -0.05) is 71.1 Å². The molecule has 4 rings (SSSR count). The summed E-state index contributed by atoms with van der Waals surface area (Å²) in [4.78, 5) is 71.8. The lowest BCUT2D eigenvalue weighted by atomic mass is 9.78. The van der Waals surface area contributed by atoms with Crippen molar-refractivity contribution in [1.29, 1.82) is 0 Å². The van der Waals surface area contributed by atoms with Gasteiger partial charge in [-0.15, -0.1) is 0 Å². The van der Waals surface area contributed by atoms with Gasteiger partial charge >= 0.3 is 5.97 Å². The average Bonchev–Trinajstić information content (AvgIpc) is 3.28. The molecular formula is C51H79NO13. The van der Waals surface area contributed by atoms with Gasteiger partial charge in [0.2, 0.25) is 5.79 Å². The summed E-state index contributed by atoms with van der Waals surface area (Å²) in [6, 6.07) is -1.14. The molecule has 14 heteroatoms. The summed E-state index contributed by atoms with van der Waals surface area (Å²) in [7, 11) is 4.52. The Balaban J connectivity index is 1.70. The summed E-state index contributed by atoms with van der Waals surface area (Å²) in [5.41, 5.74) is 1.27. The molecule has 0 aromatic rings. The Bertz CT molecular complexity index is 1760. The van der Waals surface area contributed by atoms with Crippen molar-refractivity contribution in [3.05, 3.63) is 47.6 Å². The number of nitrogens with zero attached hydrogens (tertiary/aromatic N) is 1. The number of methoxy groups -OCH3 is 3. The van der Waals surface area contributed by atoms with E-state index in [0.717, 1.165) is 12.0 Å². The Hall–Kier alpha value is -3.37. The standard InChI is InChI=1S/C51H79NO13/c1-30-16-12-11-13-17-31(2)42(61-8)28-38-21-19-36(7)51(60,65-38)48(57)49(58)52-23-15-14-18-39(52)50(59)64-43(33(4)26-37-20-22-40(53)44(27-37)62-9)29-41(54)32(3)25-35(6)46(56)47(63-10)45(55)34(5)24-30/h11-13,16-17,25,30,32-34,36-40,42-44,46-47,53,56,60H,14-15,18-24,26-29H2,1-10H3/b13-11+,16-12+,31-17+,35-25+/t30-,32+,33+,34+,36+,37+,38-,39-,40+,42-,43-,44+,46+,47+,51+/m0/s1. The van der Waals surface area contributed by atoms with E-state index in [4.69, 9.17) is 23.7 Å². The smallest absolute Gasteiger partial charge is 0.329 e. The minimum Gasteiger partial charge on any atom is -0.460 e. The van der Waals surface area contributed by atoms with Crippen molar-refractivity contribution in [3.63, 3.8) is 0 Å². The molecule has 3 fully saturated rings. The Kier molecular flexibility index (Phi) is 21.0. The summed E-state index contributed by atoms with van der Waals surface area (Å²) in [6.07, 6.45) is 11.2. The Labute approximate surface area is 387 Å². The van der Waals surface area contributed by atoms with E-state index in [-0.39, 0.29) is 54.8 Å². The number of carbonyl (C=O) groups excluding carboxylic acids is 5. The van der Waals surface area contributed by atoms with E-state index in [0.29, 0.717) is 63.4 Å². The van der Waals surface area contributed by atoms with Crippen molar-refractivity contribution < 1.29 is 63.0 Å². The summed E-state index contributed by atoms with van der Waals surface area (Å²) < 4.78 is 29.4. The van der Waals surface area contributed by atoms with Crippen LogP contribution in [0.2, 0.25) is 0 Å². The number of rotatable bonds is 6. The molecular weight excluding hydrogens is 835 g/mol. The van der Waals surface area contributed by atoms with Crippen LogP contribution in [0.15, 0.2) is 47.6 Å². The van der Waals surface area contributed by atoms with E-state index in [2.05, 4.69) is 0 Å². The molecule has 0 aromatic heterocycles. The quantitative estimate of drug-likeness (QED) is 0.156. The summed E-state index contributed by atoms with van der Waals surface area (Å²) in [5, 5.41) is 33.8. The van der Waals surface area contributed by atoms with Gasteiger partial charge in [-0.2, -0.15) is 0 Å². The number of piperidine rings is 1. The van der Waals surface area contributed by atoms with Crippen LogP contribution in [0, 0.1) is 35.5 Å². The molecule has 3 heterocycles. The molecule has 0 aromatic carbocycles. The van der Waals surface area contributed by atoms with Crippen molar-refractivity contribution in [1.82, 2.24) is 4.90 Å². The second-order valence-electron chi connectivity index (χ2n) is 19.6. The topological polar surface area (TPSA) is 195 Å². The summed E-state index contributed by atoms with van der Waals surface area (Å²) in [6.45, 7) is 12.7. The van der Waals surface area contributed by atoms with Gasteiger partial charge in [-0.25, -0.2) is 4.79 Å². The number of ether oxygens (including phenoxy) is 5. The van der Waals surface area contributed by atoms with Crippen LogP contribution < -0.4 is 0 Å². The zero-order chi connectivity index (χ0) is 48.2. The molecule has 2 saturated heterocycles. The number of Topliss-reactive ketones (excluding diaryl/α,β-unsaturated/α-hetero) is 3. The highest BCUT2D eigenvalue weighted by atomic mass is 16.6. The lowest BCUT2D eigenvalue weighted by Gasteiger charge is -2.42. The van der Waals surface area contributed by atoms with Crippen molar-refractivity contribution in [3.8, 4) is 0 Å². The number of hydrogen-bond donors (Lipinski definition) is 3. The second-order valence-corrected chi connectivity index (χ2v) is 19.6. The van der Waals surface area contributed by atoms with Gasteiger partial charge in [-0.3, -0.25) is 19.2 Å². The van der Waals surface area contributed by atoms with Crippen molar-refractivity contribution in [2.75, 3.05) is 27.9 Å². The molecule has 3 N–H and O–H groups in total. The zero-order valence-corrected chi connectivity index (χ0v) is 40.6. The number of esters is 1. The van der Waals surface area contributed by atoms with Crippen LogP contribution in [-0.4, -0.2) is 132 Å². The van der Waals surface area contributed by atoms with E-state index in [1.54, 1.807) is 41.1 Å². The fraction of sp³-hybridized carbons (Fsp3) is 0.745. The van der Waals surface area contributed by atoms with E-state index < -0.39 is 83.9 Å². The van der Waals surface area contributed by atoms with Gasteiger partial charge in [0.05, 0.1) is 24.4 Å². The van der Waals surface area contributed by atoms with Gasteiger partial charge in [-0.05, 0) is 107 Å². The number of ketones is 3. The zero-order valence-electron chi connectivity index (χ0n) is 40.6. The molecule has 1 saturated carbocycles. The minimum atomic E-state index is -2.43. The van der Waals surface area contributed by atoms with E-state index >= 15 is 0 Å². The second kappa shape index (κ2) is 25.1. The van der Waals surface area contributed by atoms with Crippen molar-refractivity contribution in [2.45, 2.75) is 180 Å². The molecule has 1 amide bonds. The maximum absolute atomic E-state index is 14.4. The fourth-order valence-electron chi connectivity index (χ4n) is 10.1. The number of fused-ring (bicyclic) bond motifs is 3. The molecule has 4 aliphatic rings. The number of aliphatic hydroxyl groups is 3. The molecule has 0 radical (unpaired) electrons. The lowest BCUT2D eigenvalue weighted by Crippen LogP contribution is -2.61. The maximum Gasteiger partial charge on any atom is 0.329 e. The van der Waals surface area contributed by atoms with E-state index in [1.807, 2.05) is 58.1 Å². The number of carbonyl (C=O) groups is 5. The highest BCUT2D eigenvalue weighted by molar-refractivity contribution is 6.39. The Morgan fingerprint density at radius 3 is 2.25 bits per heavy atom. The molecule has 1 aliphatic carbocycles. The van der Waals surface area contributed by atoms with Gasteiger partial charge in [0, 0.05) is 58.5 Å². The number of hydrogen-bond acceptors (Lipinski definition) is 13. The summed E-state index contributed by atoms with van der Waals surface area (Å²) in [5.74, 6) is -7.96. The average molecular weight is 914 g/mol. The first-order valence-electron chi connectivity index (χ1n) is 23.9. The number of allylic oxidation sites excluding steroid dienone is 6. The number of amides is 1. The van der Waals surface area contributed by atoms with Crippen LogP contribution in [0.25, 0.3) is 0 Å². The molecule has 0 spiro atoms. The van der Waals surface area contributed by atoms with Crippen LogP contribution in [0.4, 0.5) is 0 Å². The maximum atomic E-state index is 14.4. The minimum absolute atomic E-state index is 0.0193. The SMILES string of the molecule is CO[C@H]1C[C@@H]2CC[C@@H](C)[C@@](O)(O2)C(=O)C(=O)N2CCCC[C@H]2C(=O)O[C@H]([C@H](C)C[C@H]2CC[C@@H](O)[C@H](OC)C2)CC(=O)[C@H](C)/C=C(\C)[C@@H](O)[C@H](OC)C(=O)[C@H](C)C[C@@H](C)/C=C/C=C/C=C/1C. The van der Waals surface area contributed by atoms with Crippen LogP contribution in [0.3, 0.4) is 0 Å². The van der Waals surface area contributed by atoms with Crippen molar-refractivity contribution in [2.24, 2.45) is 35.5 Å². The summed E-state index contributed by atoms with van der Waals surface area (Å²) >= 11 is 0. The molecule has 15 atom stereocenters. The third-order valence-electron chi connectivity index (χ3n) is 14.5. The lowest BCUT2D eigenvalue weighted by molar-refractivity contribution is -0.265. The number of aliphatic hydroxyl groups excluding tert-OH is 2. The monoisotopic (exact) mass is 914 g/mol. The van der Waals surface area contributed by atoms with E-state index in [1.165, 1.54) is 12.0 Å². The van der Waals surface area contributed by atoms with E-state index in [9.17, 15) is 39.3 Å². The first-order chi connectivity index (χ1) is 30.7. The predicted octanol–water partition coefficient (Wildman–Crippen LogP) is 6.18. The first-order valence-corrected chi connectivity index (χ1v) is 23.9. The van der Waals surface area contributed by atoms with Crippen LogP contribution in [-0.2, 0) is 47.7 Å². The van der Waals surface area contributed by atoms with Gasteiger partial charge in [0.1, 0.15) is 30.1 Å². The highest BCUT2D eigenvalue weighted by Gasteiger charge is 2.53. The fourth-order valence-corrected chi connectivity index (χ4v) is 10.1. The molecule has 366 valence electrons.